The first kappa shape index (κ1) is 12.2. The number of carbonyl (C=O) groups is 1. The van der Waals surface area contributed by atoms with Gasteiger partial charge in [-0.3, -0.25) is 4.79 Å². The molecule has 1 amide bonds. The Bertz CT molecular complexity index is 183. The Morgan fingerprint density at radius 3 is 2.31 bits per heavy atom. The topological polar surface area (TPSA) is 55.1 Å². The molecule has 0 heterocycles. The van der Waals surface area contributed by atoms with Crippen LogP contribution in [0.4, 0.5) is 17.6 Å². The van der Waals surface area contributed by atoms with E-state index >= 15 is 0 Å². The summed E-state index contributed by atoms with van der Waals surface area (Å²) in [5, 5.41) is 1.61. The molecule has 0 radical (unpaired) electrons. The minimum Gasteiger partial charge on any atom is -0.348 e. The summed E-state index contributed by atoms with van der Waals surface area (Å²) >= 11 is 0. The van der Waals surface area contributed by atoms with E-state index in [2.05, 4.69) is 0 Å². The molecule has 0 rings (SSSR count). The van der Waals surface area contributed by atoms with Crippen LogP contribution in [0, 0.1) is 0 Å². The van der Waals surface area contributed by atoms with Gasteiger partial charge in [-0.2, -0.15) is 8.78 Å². The van der Waals surface area contributed by atoms with E-state index in [4.69, 9.17) is 5.73 Å². The van der Waals surface area contributed by atoms with Gasteiger partial charge >= 0.3 is 12.3 Å². The van der Waals surface area contributed by atoms with Crippen LogP contribution in [-0.4, -0.2) is 30.8 Å². The average Bonchev–Trinajstić information content (AvgIpc) is 1.99. The molecule has 0 aliphatic rings. The Hall–Kier alpha value is -0.850. The Labute approximate surface area is 72.3 Å². The first-order valence-electron chi connectivity index (χ1n) is 3.46. The molecule has 0 aliphatic carbocycles. The summed E-state index contributed by atoms with van der Waals surface area (Å²) < 4.78 is 47.4. The van der Waals surface area contributed by atoms with Crippen LogP contribution < -0.4 is 11.1 Å². The van der Waals surface area contributed by atoms with Gasteiger partial charge in [0.15, 0.2) is 0 Å². The summed E-state index contributed by atoms with van der Waals surface area (Å²) in [4.78, 5) is 10.6. The van der Waals surface area contributed by atoms with Crippen molar-refractivity contribution in [3.63, 3.8) is 0 Å². The number of nitrogens with two attached hydrogens (primary N) is 1. The van der Waals surface area contributed by atoms with Crippen molar-refractivity contribution in [2.75, 3.05) is 6.54 Å². The van der Waals surface area contributed by atoms with Crippen molar-refractivity contribution in [3.05, 3.63) is 0 Å². The number of nitrogens with one attached hydrogen (secondary N) is 1. The first-order valence-corrected chi connectivity index (χ1v) is 3.46. The molecule has 13 heavy (non-hydrogen) atoms. The first-order chi connectivity index (χ1) is 5.77. The monoisotopic (exact) mass is 202 g/mol. The Kier molecular flexibility index (Phi) is 4.12. The van der Waals surface area contributed by atoms with Crippen molar-refractivity contribution in [2.45, 2.75) is 25.3 Å². The second-order valence-corrected chi connectivity index (χ2v) is 2.57. The summed E-state index contributed by atoms with van der Waals surface area (Å²) in [6.07, 6.45) is -3.79. The van der Waals surface area contributed by atoms with Crippen molar-refractivity contribution in [2.24, 2.45) is 5.73 Å². The van der Waals surface area contributed by atoms with Gasteiger partial charge in [-0.05, 0) is 6.92 Å². The van der Waals surface area contributed by atoms with Gasteiger partial charge in [0, 0.05) is 0 Å². The second kappa shape index (κ2) is 4.40. The smallest absolute Gasteiger partial charge is 0.324 e. The normalized spacial score (nSPS) is 14.4. The van der Waals surface area contributed by atoms with Crippen LogP contribution >= 0.6 is 0 Å². The summed E-state index contributed by atoms with van der Waals surface area (Å²) in [6.45, 7) is -0.138. The number of hydrogen-bond acceptors (Lipinski definition) is 2. The van der Waals surface area contributed by atoms with Crippen molar-refractivity contribution in [1.82, 2.24) is 5.32 Å². The van der Waals surface area contributed by atoms with Crippen molar-refractivity contribution >= 4 is 5.91 Å². The molecule has 3 N–H and O–H groups in total. The van der Waals surface area contributed by atoms with Gasteiger partial charge < -0.3 is 11.1 Å². The Morgan fingerprint density at radius 2 is 2.00 bits per heavy atom. The van der Waals surface area contributed by atoms with Crippen LogP contribution in [-0.2, 0) is 4.79 Å². The molecule has 78 valence electrons. The lowest BCUT2D eigenvalue weighted by atomic mass is 10.3. The van der Waals surface area contributed by atoms with Gasteiger partial charge in [-0.25, -0.2) is 8.78 Å². The number of rotatable bonds is 4. The highest BCUT2D eigenvalue weighted by Gasteiger charge is 2.40. The summed E-state index contributed by atoms with van der Waals surface area (Å²) in [5.74, 6) is -5.09. The number of carbonyl (C=O) groups excluding carboxylic acids is 1. The minimum absolute atomic E-state index is 0.889. The summed E-state index contributed by atoms with van der Waals surface area (Å²) in [6, 6.07) is -0.992. The molecule has 0 saturated heterocycles. The quantitative estimate of drug-likeness (QED) is 0.646. The maximum absolute atomic E-state index is 12.2. The zero-order valence-corrected chi connectivity index (χ0v) is 6.86. The fourth-order valence-corrected chi connectivity index (χ4v) is 0.443. The van der Waals surface area contributed by atoms with E-state index in [1.54, 1.807) is 5.32 Å². The maximum Gasteiger partial charge on any atom is 0.324 e. The number of alkyl halides is 4. The van der Waals surface area contributed by atoms with Gasteiger partial charge in [-0.1, -0.05) is 0 Å². The molecule has 0 aliphatic heterocycles. The van der Waals surface area contributed by atoms with Crippen molar-refractivity contribution in [1.29, 1.82) is 0 Å². The highest BCUT2D eigenvalue weighted by atomic mass is 19.3. The summed E-state index contributed by atoms with van der Waals surface area (Å²) in [7, 11) is 0. The molecule has 0 aromatic heterocycles. The molecule has 1 atom stereocenters. The highest BCUT2D eigenvalue weighted by Crippen LogP contribution is 2.21. The van der Waals surface area contributed by atoms with E-state index in [1.807, 2.05) is 0 Å². The van der Waals surface area contributed by atoms with Crippen molar-refractivity contribution < 1.29 is 22.4 Å². The Morgan fingerprint density at radius 1 is 1.54 bits per heavy atom. The molecule has 3 nitrogen and oxygen atoms in total. The maximum atomic E-state index is 12.2. The lowest BCUT2D eigenvalue weighted by Crippen LogP contribution is -2.46. The molecular weight excluding hydrogens is 192 g/mol. The second-order valence-electron chi connectivity index (χ2n) is 2.57. The summed E-state index contributed by atoms with van der Waals surface area (Å²) in [5.41, 5.74) is 5.00. The van der Waals surface area contributed by atoms with E-state index in [0.717, 1.165) is 0 Å². The largest absolute Gasteiger partial charge is 0.348 e. The third kappa shape index (κ3) is 4.07. The number of hydrogen-bond donors (Lipinski definition) is 2. The SMILES string of the molecule is CC(N)C(=O)NCC(F)(F)C(F)F. The van der Waals surface area contributed by atoms with Crippen LogP contribution in [0.25, 0.3) is 0 Å². The highest BCUT2D eigenvalue weighted by molar-refractivity contribution is 5.80. The molecule has 0 saturated carbocycles. The van der Waals surface area contributed by atoms with Crippen molar-refractivity contribution in [3.8, 4) is 0 Å². The van der Waals surface area contributed by atoms with Gasteiger partial charge in [0.25, 0.3) is 0 Å². The van der Waals surface area contributed by atoms with Crippen LogP contribution in [0.3, 0.4) is 0 Å². The fourth-order valence-electron chi connectivity index (χ4n) is 0.443. The van der Waals surface area contributed by atoms with E-state index in [9.17, 15) is 22.4 Å². The zero-order chi connectivity index (χ0) is 10.6. The van der Waals surface area contributed by atoms with Gasteiger partial charge in [0.1, 0.15) is 0 Å². The van der Waals surface area contributed by atoms with Crippen LogP contribution in [0.5, 0.6) is 0 Å². The minimum atomic E-state index is -4.20. The van der Waals surface area contributed by atoms with Gasteiger partial charge in [-0.15, -0.1) is 0 Å². The van der Waals surface area contributed by atoms with E-state index < -0.39 is 30.8 Å². The van der Waals surface area contributed by atoms with Gasteiger partial charge in [0.2, 0.25) is 5.91 Å². The molecule has 7 heteroatoms. The molecule has 0 bridgehead atoms. The predicted molar refractivity (Wildman–Crippen MR) is 37.6 cm³/mol. The number of amides is 1. The molecule has 0 fully saturated rings. The van der Waals surface area contributed by atoms with E-state index in [0.29, 0.717) is 0 Å². The lowest BCUT2D eigenvalue weighted by molar-refractivity contribution is -0.136. The predicted octanol–water partition coefficient (Wildman–Crippen LogP) is 0.350. The van der Waals surface area contributed by atoms with Crippen LogP contribution in [0.1, 0.15) is 6.92 Å². The molecule has 0 aromatic carbocycles. The zero-order valence-electron chi connectivity index (χ0n) is 6.86. The Balaban J connectivity index is 3.95. The average molecular weight is 202 g/mol. The van der Waals surface area contributed by atoms with Crippen LogP contribution in [0.2, 0.25) is 0 Å². The fraction of sp³-hybridized carbons (Fsp3) is 0.833. The third-order valence-corrected chi connectivity index (χ3v) is 1.23. The van der Waals surface area contributed by atoms with E-state index in [-0.39, 0.29) is 0 Å². The lowest BCUT2D eigenvalue weighted by Gasteiger charge is -2.16. The molecule has 1 unspecified atom stereocenters. The molecule has 0 spiro atoms. The molecule has 0 aromatic rings. The standard InChI is InChI=1S/C6H10F4N2O/c1-3(11)4(13)12-2-6(9,10)5(7)8/h3,5H,2,11H2,1H3,(H,12,13). The van der Waals surface area contributed by atoms with Gasteiger partial charge in [0.05, 0.1) is 12.6 Å². The third-order valence-electron chi connectivity index (χ3n) is 1.23. The molecular formula is C6H10F4N2O. The van der Waals surface area contributed by atoms with E-state index in [1.165, 1.54) is 6.92 Å². The van der Waals surface area contributed by atoms with Crippen LogP contribution in [0.15, 0.2) is 0 Å². The number of halogens is 4.